The Hall–Kier alpha value is -4.35. The zero-order valence-electron chi connectivity index (χ0n) is 22.1. The molecule has 6 rings (SSSR count). The molecule has 0 spiro atoms. The van der Waals surface area contributed by atoms with Gasteiger partial charge < -0.3 is 9.64 Å². The molecule has 2 atom stereocenters. The van der Waals surface area contributed by atoms with Crippen LogP contribution in [0.5, 0.6) is 0 Å². The van der Waals surface area contributed by atoms with Crippen molar-refractivity contribution in [2.45, 2.75) is 63.8 Å². The highest BCUT2D eigenvalue weighted by atomic mass is 19.1. The first-order valence-corrected chi connectivity index (χ1v) is 13.1. The van der Waals surface area contributed by atoms with Gasteiger partial charge in [-0.1, -0.05) is 12.1 Å². The predicted octanol–water partition coefficient (Wildman–Crippen LogP) is 4.56. The van der Waals surface area contributed by atoms with Crippen LogP contribution < -0.4 is 10.5 Å². The third-order valence-electron chi connectivity index (χ3n) is 7.60. The Balaban J connectivity index is 1.64. The summed E-state index contributed by atoms with van der Waals surface area (Å²) in [5, 5.41) is 6.61. The van der Waals surface area contributed by atoms with Crippen molar-refractivity contribution in [2.75, 3.05) is 11.4 Å². The van der Waals surface area contributed by atoms with Crippen LogP contribution >= 0.6 is 0 Å². The van der Waals surface area contributed by atoms with Gasteiger partial charge in [0.2, 0.25) is 0 Å². The Kier molecular flexibility index (Phi) is 5.90. The fourth-order valence-electron chi connectivity index (χ4n) is 5.68. The number of urea groups is 1. The van der Waals surface area contributed by atoms with Crippen LogP contribution in [0, 0.1) is 11.6 Å². The number of H-pyrrole nitrogens is 1. The van der Waals surface area contributed by atoms with Gasteiger partial charge in [0.15, 0.2) is 0 Å². The summed E-state index contributed by atoms with van der Waals surface area (Å²) in [4.78, 5) is 57.7. The molecule has 1 aliphatic carbocycles. The summed E-state index contributed by atoms with van der Waals surface area (Å²) in [5.41, 5.74) is -1.25. The highest BCUT2D eigenvalue weighted by Gasteiger charge is 2.53. The quantitative estimate of drug-likeness (QED) is 0.478. The molecule has 2 fully saturated rings. The van der Waals surface area contributed by atoms with Crippen LogP contribution in [-0.4, -0.2) is 56.2 Å². The molecule has 2 aromatic carbocycles. The number of hydrogen-bond donors (Lipinski definition) is 1. The van der Waals surface area contributed by atoms with Crippen molar-refractivity contribution in [3.8, 4) is 0 Å². The van der Waals surface area contributed by atoms with Crippen molar-refractivity contribution >= 4 is 34.5 Å². The van der Waals surface area contributed by atoms with E-state index in [0.29, 0.717) is 5.56 Å². The lowest BCUT2D eigenvalue weighted by molar-refractivity contribution is -0.127. The second kappa shape index (κ2) is 9.10. The summed E-state index contributed by atoms with van der Waals surface area (Å²) < 4.78 is 34.7. The summed E-state index contributed by atoms with van der Waals surface area (Å²) in [6.07, 6.45) is 1.58. The second-order valence-electron chi connectivity index (χ2n) is 11.3. The van der Waals surface area contributed by atoms with E-state index in [9.17, 15) is 28.0 Å². The first kappa shape index (κ1) is 25.9. The van der Waals surface area contributed by atoms with E-state index in [1.54, 1.807) is 20.8 Å². The smallest absolute Gasteiger partial charge is 0.415 e. The molecule has 3 heterocycles. The van der Waals surface area contributed by atoms with Gasteiger partial charge in [0.25, 0.3) is 11.5 Å². The summed E-state index contributed by atoms with van der Waals surface area (Å²) in [5.74, 6) is -1.84. The van der Waals surface area contributed by atoms with Crippen molar-refractivity contribution < 1.29 is 27.9 Å². The van der Waals surface area contributed by atoms with E-state index in [-0.39, 0.29) is 34.7 Å². The molecular weight excluding hydrogens is 524 g/mol. The monoisotopic (exact) mass is 551 g/mol. The Labute approximate surface area is 227 Å². The molecule has 0 radical (unpaired) electrons. The van der Waals surface area contributed by atoms with Crippen LogP contribution in [0.1, 0.15) is 63.4 Å². The Bertz CT molecular complexity index is 1610. The van der Waals surface area contributed by atoms with Gasteiger partial charge in [-0.15, -0.1) is 0 Å². The van der Waals surface area contributed by atoms with Gasteiger partial charge in [-0.25, -0.2) is 23.5 Å². The van der Waals surface area contributed by atoms with E-state index in [1.807, 2.05) is 0 Å². The van der Waals surface area contributed by atoms with Crippen LogP contribution in [0.15, 0.2) is 41.2 Å². The van der Waals surface area contributed by atoms with E-state index in [1.165, 1.54) is 29.2 Å². The van der Waals surface area contributed by atoms with Crippen molar-refractivity contribution in [3.63, 3.8) is 0 Å². The van der Waals surface area contributed by atoms with Crippen molar-refractivity contribution in [1.82, 2.24) is 20.0 Å². The molecule has 4 amide bonds. The molecule has 3 aliphatic rings. The molecule has 1 saturated carbocycles. The van der Waals surface area contributed by atoms with E-state index in [4.69, 9.17) is 4.74 Å². The van der Waals surface area contributed by atoms with Crippen molar-refractivity contribution in [3.05, 3.63) is 69.6 Å². The van der Waals surface area contributed by atoms with Gasteiger partial charge in [-0.05, 0) is 69.9 Å². The molecule has 208 valence electrons. The highest BCUT2D eigenvalue weighted by molar-refractivity contribution is 6.07. The number of hydrogen-bond acceptors (Lipinski definition) is 6. The minimum Gasteiger partial charge on any atom is -0.443 e. The van der Waals surface area contributed by atoms with Gasteiger partial charge in [0, 0.05) is 11.4 Å². The van der Waals surface area contributed by atoms with Crippen LogP contribution in [0.3, 0.4) is 0 Å². The number of nitrogens with zero attached hydrogens (tertiary/aromatic N) is 4. The number of anilines is 1. The number of rotatable bonds is 3. The van der Waals surface area contributed by atoms with Crippen LogP contribution in [0.25, 0.3) is 10.8 Å². The number of halogens is 2. The zero-order chi connectivity index (χ0) is 28.5. The fraction of sp³-hybridized carbons (Fsp3) is 0.393. The summed E-state index contributed by atoms with van der Waals surface area (Å²) in [6.45, 7) is 4.82. The standard InChI is InChI=1S/C28H27F2N5O5/c1-28(2,3)40-27(39)34-19-12-16(30)11-18-21(19)22(31-32-25(18)37)24(23(34)14-7-9-15(29)10-8-14)35-20(36)13-33(26(35)38)17-5-4-6-17/h7-12,17,23-24H,4-6,13H2,1-3H3,(H,32,37). The molecule has 10 nitrogen and oxygen atoms in total. The number of aromatic amines is 1. The number of carbonyl (C=O) groups excluding carboxylic acids is 3. The van der Waals surface area contributed by atoms with Crippen molar-refractivity contribution in [1.29, 1.82) is 0 Å². The number of aromatic nitrogens is 2. The first-order valence-electron chi connectivity index (χ1n) is 13.1. The van der Waals surface area contributed by atoms with Crippen molar-refractivity contribution in [2.24, 2.45) is 0 Å². The average Bonchev–Trinajstić information content (AvgIpc) is 3.11. The summed E-state index contributed by atoms with van der Waals surface area (Å²) in [6, 6.07) is 4.26. The van der Waals surface area contributed by atoms with Gasteiger partial charge >= 0.3 is 12.1 Å². The molecular formula is C28H27F2N5O5. The molecule has 1 N–H and O–H groups in total. The normalized spacial score (nSPS) is 21.3. The molecule has 3 aromatic rings. The predicted molar refractivity (Wildman–Crippen MR) is 140 cm³/mol. The lowest BCUT2D eigenvalue weighted by atomic mass is 9.86. The molecule has 2 unspecified atom stereocenters. The lowest BCUT2D eigenvalue weighted by Crippen LogP contribution is -2.51. The van der Waals surface area contributed by atoms with Crippen LogP contribution in [0.2, 0.25) is 0 Å². The minimum atomic E-state index is -1.24. The van der Waals surface area contributed by atoms with E-state index in [0.717, 1.165) is 41.2 Å². The van der Waals surface area contributed by atoms with Gasteiger partial charge in [0.1, 0.15) is 29.8 Å². The molecule has 0 bridgehead atoms. The minimum absolute atomic E-state index is 0.0154. The van der Waals surface area contributed by atoms with Gasteiger partial charge in [-0.3, -0.25) is 19.4 Å². The SMILES string of the molecule is CC(C)(C)OC(=O)N1c2cc(F)cc3c(=O)[nH]nc(c23)C(N2C(=O)CN(C3CCC3)C2=O)C1c1ccc(F)cc1. The van der Waals surface area contributed by atoms with E-state index < -0.39 is 52.9 Å². The zero-order valence-corrected chi connectivity index (χ0v) is 22.1. The fourth-order valence-corrected chi connectivity index (χ4v) is 5.68. The lowest BCUT2D eigenvalue weighted by Gasteiger charge is -2.44. The third kappa shape index (κ3) is 4.09. The number of imide groups is 1. The number of benzene rings is 2. The molecule has 1 saturated heterocycles. The van der Waals surface area contributed by atoms with Crippen LogP contribution in [-0.2, 0) is 9.53 Å². The Morgan fingerprint density at radius 2 is 1.73 bits per heavy atom. The van der Waals surface area contributed by atoms with E-state index >= 15 is 0 Å². The summed E-state index contributed by atoms with van der Waals surface area (Å²) in [7, 11) is 0. The van der Waals surface area contributed by atoms with E-state index in [2.05, 4.69) is 10.2 Å². The number of ether oxygens (including phenoxy) is 1. The summed E-state index contributed by atoms with van der Waals surface area (Å²) >= 11 is 0. The Morgan fingerprint density at radius 1 is 1.02 bits per heavy atom. The molecule has 2 aliphatic heterocycles. The third-order valence-corrected chi connectivity index (χ3v) is 7.60. The molecule has 40 heavy (non-hydrogen) atoms. The number of amides is 4. The maximum atomic E-state index is 15.0. The largest absolute Gasteiger partial charge is 0.443 e. The molecule has 1 aromatic heterocycles. The topological polar surface area (TPSA) is 116 Å². The maximum Gasteiger partial charge on any atom is 0.415 e. The molecule has 12 heteroatoms. The Morgan fingerprint density at radius 3 is 2.35 bits per heavy atom. The van der Waals surface area contributed by atoms with Gasteiger partial charge in [0.05, 0.1) is 22.8 Å². The number of carbonyl (C=O) groups is 3. The number of nitrogens with one attached hydrogen (secondary N) is 1. The van der Waals surface area contributed by atoms with Gasteiger partial charge in [-0.2, -0.15) is 5.10 Å². The average molecular weight is 552 g/mol. The maximum absolute atomic E-state index is 15.0. The van der Waals surface area contributed by atoms with Crippen LogP contribution in [0.4, 0.5) is 24.1 Å². The second-order valence-corrected chi connectivity index (χ2v) is 11.3. The highest BCUT2D eigenvalue weighted by Crippen LogP contribution is 2.51. The first-order chi connectivity index (χ1) is 18.9.